The molecular formula is C18H17ClN4OS2. The molecule has 0 atom stereocenters. The highest BCUT2D eigenvalue weighted by Gasteiger charge is 2.15. The second-order valence-corrected chi connectivity index (χ2v) is 8.03. The number of carbonyl (C=O) groups excluding carboxylic acids is 1. The maximum atomic E-state index is 12.3. The lowest BCUT2D eigenvalue weighted by Crippen LogP contribution is -2.22. The van der Waals surface area contributed by atoms with Gasteiger partial charge >= 0.3 is 0 Å². The van der Waals surface area contributed by atoms with E-state index in [1.807, 2.05) is 12.1 Å². The van der Waals surface area contributed by atoms with Gasteiger partial charge in [0.15, 0.2) is 0 Å². The van der Waals surface area contributed by atoms with E-state index in [1.165, 1.54) is 16.2 Å². The van der Waals surface area contributed by atoms with E-state index in [-0.39, 0.29) is 5.91 Å². The third-order valence-corrected chi connectivity index (χ3v) is 5.49. The highest BCUT2D eigenvalue weighted by molar-refractivity contribution is 7.13. The van der Waals surface area contributed by atoms with Crippen LogP contribution in [0.3, 0.4) is 0 Å². The summed E-state index contributed by atoms with van der Waals surface area (Å²) in [6.07, 6.45) is 1.86. The van der Waals surface area contributed by atoms with Crippen molar-refractivity contribution in [1.82, 2.24) is 15.1 Å². The molecule has 0 aliphatic rings. The summed E-state index contributed by atoms with van der Waals surface area (Å²) in [7, 11) is 0. The van der Waals surface area contributed by atoms with Crippen LogP contribution in [-0.4, -0.2) is 27.5 Å². The lowest BCUT2D eigenvalue weighted by molar-refractivity contribution is 0.102. The summed E-state index contributed by atoms with van der Waals surface area (Å²) in [5, 5.41) is 14.8. The molecule has 0 radical (unpaired) electrons. The number of carbonyl (C=O) groups is 1. The van der Waals surface area contributed by atoms with Crippen molar-refractivity contribution < 1.29 is 4.79 Å². The molecule has 2 aromatic heterocycles. The van der Waals surface area contributed by atoms with E-state index < -0.39 is 0 Å². The quantitative estimate of drug-likeness (QED) is 0.553. The molecule has 26 heavy (non-hydrogen) atoms. The molecule has 0 bridgehead atoms. The lowest BCUT2D eigenvalue weighted by Gasteiger charge is -2.17. The van der Waals surface area contributed by atoms with Gasteiger partial charge < -0.3 is 5.32 Å². The Bertz CT molecular complexity index is 862. The van der Waals surface area contributed by atoms with Crippen LogP contribution < -0.4 is 5.32 Å². The molecule has 1 amide bonds. The first-order valence-corrected chi connectivity index (χ1v) is 9.96. The topological polar surface area (TPSA) is 58.1 Å². The number of anilines is 1. The van der Waals surface area contributed by atoms with Gasteiger partial charge in [0.05, 0.1) is 6.54 Å². The van der Waals surface area contributed by atoms with Crippen LogP contribution in [0.4, 0.5) is 5.69 Å². The van der Waals surface area contributed by atoms with Crippen LogP contribution in [-0.2, 0) is 13.1 Å². The van der Waals surface area contributed by atoms with E-state index in [0.29, 0.717) is 22.3 Å². The number of benzene rings is 1. The standard InChI is InChI=1S/C18H17ClN4OS2/c1-2-9-23(11-15-4-3-10-25-15)12-16-21-22-18(26-16)17(24)20-14-7-5-13(19)6-8-14/h2-8,10H,1,9,11-12H2,(H,20,24). The number of hydrogen-bond donors (Lipinski definition) is 1. The summed E-state index contributed by atoms with van der Waals surface area (Å²) in [6.45, 7) is 5.99. The summed E-state index contributed by atoms with van der Waals surface area (Å²) in [6, 6.07) is 11.1. The fraction of sp³-hybridized carbons (Fsp3) is 0.167. The predicted molar refractivity (Wildman–Crippen MR) is 108 cm³/mol. The van der Waals surface area contributed by atoms with Crippen molar-refractivity contribution in [1.29, 1.82) is 0 Å². The monoisotopic (exact) mass is 404 g/mol. The Balaban J connectivity index is 1.62. The highest BCUT2D eigenvalue weighted by atomic mass is 35.5. The zero-order valence-corrected chi connectivity index (χ0v) is 16.3. The molecule has 0 unspecified atom stereocenters. The van der Waals surface area contributed by atoms with Gasteiger partial charge in [0, 0.05) is 28.7 Å². The molecule has 0 aliphatic heterocycles. The molecule has 3 aromatic rings. The van der Waals surface area contributed by atoms with E-state index in [9.17, 15) is 4.79 Å². The van der Waals surface area contributed by atoms with Crippen molar-refractivity contribution >= 4 is 45.9 Å². The molecule has 0 fully saturated rings. The molecule has 0 saturated carbocycles. The number of amides is 1. The number of hydrogen-bond acceptors (Lipinski definition) is 6. The minimum atomic E-state index is -0.274. The number of thiophene rings is 1. The van der Waals surface area contributed by atoms with Gasteiger partial charge in [0.25, 0.3) is 5.91 Å². The molecule has 1 aromatic carbocycles. The molecule has 0 aliphatic carbocycles. The summed E-state index contributed by atoms with van der Waals surface area (Å²) in [5.41, 5.74) is 0.669. The second-order valence-electron chi connectivity index (χ2n) is 5.50. The molecule has 0 saturated heterocycles. The Morgan fingerprint density at radius 2 is 2.04 bits per heavy atom. The van der Waals surface area contributed by atoms with Gasteiger partial charge in [0.2, 0.25) is 5.01 Å². The largest absolute Gasteiger partial charge is 0.320 e. The number of nitrogens with zero attached hydrogens (tertiary/aromatic N) is 3. The van der Waals surface area contributed by atoms with Crippen molar-refractivity contribution in [3.8, 4) is 0 Å². The zero-order chi connectivity index (χ0) is 18.4. The normalized spacial score (nSPS) is 10.8. The van der Waals surface area contributed by atoms with Crippen LogP contribution in [0, 0.1) is 0 Å². The van der Waals surface area contributed by atoms with E-state index in [4.69, 9.17) is 11.6 Å². The van der Waals surface area contributed by atoms with Crippen molar-refractivity contribution in [2.24, 2.45) is 0 Å². The average Bonchev–Trinajstić information content (AvgIpc) is 3.29. The smallest absolute Gasteiger partial charge is 0.286 e. The first kappa shape index (κ1) is 18.7. The molecule has 5 nitrogen and oxygen atoms in total. The van der Waals surface area contributed by atoms with Gasteiger partial charge in [-0.25, -0.2) is 0 Å². The van der Waals surface area contributed by atoms with Crippen LogP contribution in [0.25, 0.3) is 0 Å². The molecule has 3 rings (SSSR count). The van der Waals surface area contributed by atoms with E-state index in [2.05, 4.69) is 38.4 Å². The van der Waals surface area contributed by atoms with Gasteiger partial charge in [-0.2, -0.15) is 0 Å². The maximum absolute atomic E-state index is 12.3. The number of halogens is 1. The van der Waals surface area contributed by atoms with Gasteiger partial charge in [-0.1, -0.05) is 35.1 Å². The number of nitrogens with one attached hydrogen (secondary N) is 1. The first-order chi connectivity index (χ1) is 12.6. The number of aromatic nitrogens is 2. The fourth-order valence-electron chi connectivity index (χ4n) is 2.31. The van der Waals surface area contributed by atoms with Crippen LogP contribution in [0.2, 0.25) is 5.02 Å². The van der Waals surface area contributed by atoms with E-state index in [0.717, 1.165) is 18.1 Å². The Labute approximate surface area is 165 Å². The average molecular weight is 405 g/mol. The van der Waals surface area contributed by atoms with E-state index >= 15 is 0 Å². The predicted octanol–water partition coefficient (Wildman–Crippen LogP) is 4.69. The summed E-state index contributed by atoms with van der Waals surface area (Å²) >= 11 is 8.86. The second kappa shape index (κ2) is 9.05. The third kappa shape index (κ3) is 5.22. The SMILES string of the molecule is C=CCN(Cc1cccs1)Cc1nnc(C(=O)Nc2ccc(Cl)cc2)s1. The molecule has 1 N–H and O–H groups in total. The Morgan fingerprint density at radius 1 is 1.23 bits per heavy atom. The zero-order valence-electron chi connectivity index (χ0n) is 13.9. The van der Waals surface area contributed by atoms with Crippen molar-refractivity contribution in [2.45, 2.75) is 13.1 Å². The molecule has 0 spiro atoms. The lowest BCUT2D eigenvalue weighted by atomic mass is 10.3. The molecule has 8 heteroatoms. The number of rotatable bonds is 8. The fourth-order valence-corrected chi connectivity index (χ4v) is 3.96. The van der Waals surface area contributed by atoms with Crippen LogP contribution in [0.5, 0.6) is 0 Å². The van der Waals surface area contributed by atoms with Gasteiger partial charge in [-0.3, -0.25) is 9.69 Å². The van der Waals surface area contributed by atoms with Gasteiger partial charge in [-0.15, -0.1) is 28.1 Å². The highest BCUT2D eigenvalue weighted by Crippen LogP contribution is 2.19. The van der Waals surface area contributed by atoms with Crippen LogP contribution >= 0.6 is 34.3 Å². The Morgan fingerprint density at radius 3 is 2.73 bits per heavy atom. The van der Waals surface area contributed by atoms with Crippen molar-refractivity contribution in [3.63, 3.8) is 0 Å². The third-order valence-electron chi connectivity index (χ3n) is 3.47. The maximum Gasteiger partial charge on any atom is 0.286 e. The van der Waals surface area contributed by atoms with Gasteiger partial charge in [-0.05, 0) is 35.7 Å². The molecule has 134 valence electrons. The van der Waals surface area contributed by atoms with Crippen LogP contribution in [0.15, 0.2) is 54.4 Å². The Kier molecular flexibility index (Phi) is 6.51. The first-order valence-electron chi connectivity index (χ1n) is 7.89. The minimum absolute atomic E-state index is 0.274. The van der Waals surface area contributed by atoms with Crippen molar-refractivity contribution in [2.75, 3.05) is 11.9 Å². The van der Waals surface area contributed by atoms with Crippen LogP contribution in [0.1, 0.15) is 19.7 Å². The summed E-state index contributed by atoms with van der Waals surface area (Å²) in [5.74, 6) is -0.274. The van der Waals surface area contributed by atoms with Crippen molar-refractivity contribution in [3.05, 3.63) is 74.3 Å². The molecule has 2 heterocycles. The minimum Gasteiger partial charge on any atom is -0.320 e. The van der Waals surface area contributed by atoms with Gasteiger partial charge in [0.1, 0.15) is 5.01 Å². The summed E-state index contributed by atoms with van der Waals surface area (Å²) < 4.78 is 0. The molecular weight excluding hydrogens is 388 g/mol. The summed E-state index contributed by atoms with van der Waals surface area (Å²) in [4.78, 5) is 15.8. The Hall–Kier alpha value is -2.06. The van der Waals surface area contributed by atoms with E-state index in [1.54, 1.807) is 35.6 Å².